The van der Waals surface area contributed by atoms with Crippen molar-refractivity contribution in [1.82, 2.24) is 19.9 Å². The van der Waals surface area contributed by atoms with Crippen molar-refractivity contribution < 1.29 is 9.53 Å². The molecule has 8 nitrogen and oxygen atoms in total. The van der Waals surface area contributed by atoms with Crippen LogP contribution in [-0.2, 0) is 16.0 Å². The number of nitrogens with zero attached hydrogens (tertiary/aromatic N) is 4. The first-order chi connectivity index (χ1) is 15.6. The number of carbonyl (C=O) groups excluding carboxylic acids is 1. The lowest BCUT2D eigenvalue weighted by Crippen LogP contribution is -2.25. The van der Waals surface area contributed by atoms with E-state index >= 15 is 0 Å². The summed E-state index contributed by atoms with van der Waals surface area (Å²) in [4.78, 5) is 30.5. The van der Waals surface area contributed by atoms with Crippen LogP contribution in [0.25, 0.3) is 11.3 Å². The number of benzene rings is 1. The fourth-order valence-corrected chi connectivity index (χ4v) is 4.67. The van der Waals surface area contributed by atoms with E-state index in [1.807, 2.05) is 30.5 Å². The minimum absolute atomic E-state index is 0.112. The number of piperidine rings is 1. The van der Waals surface area contributed by atoms with Crippen LogP contribution in [0.1, 0.15) is 12.0 Å². The molecule has 5 rings (SSSR count). The summed E-state index contributed by atoms with van der Waals surface area (Å²) >= 11 is 5.92. The van der Waals surface area contributed by atoms with Crippen LogP contribution in [0.3, 0.4) is 0 Å². The third-order valence-corrected chi connectivity index (χ3v) is 6.69. The smallest absolute Gasteiger partial charge is 0.305 e. The van der Waals surface area contributed by atoms with Gasteiger partial charge < -0.3 is 19.9 Å². The largest absolute Gasteiger partial charge is 0.469 e. The molecule has 9 heteroatoms. The Balaban J connectivity index is 1.12. The number of ether oxygens (including phenoxy) is 1. The van der Waals surface area contributed by atoms with Crippen LogP contribution >= 0.6 is 11.6 Å². The number of methoxy groups -OCH3 is 1. The molecule has 1 aromatic carbocycles. The van der Waals surface area contributed by atoms with Crippen LogP contribution in [0.2, 0.25) is 5.02 Å². The van der Waals surface area contributed by atoms with Crippen molar-refractivity contribution >= 4 is 29.5 Å². The maximum atomic E-state index is 11.5. The third-order valence-electron chi connectivity index (χ3n) is 6.44. The summed E-state index contributed by atoms with van der Waals surface area (Å²) in [6.45, 7) is 2.59. The first-order valence-corrected chi connectivity index (χ1v) is 11.2. The summed E-state index contributed by atoms with van der Waals surface area (Å²) in [6, 6.07) is 7.83. The van der Waals surface area contributed by atoms with Gasteiger partial charge in [-0.1, -0.05) is 23.7 Å². The van der Waals surface area contributed by atoms with Gasteiger partial charge in [0.15, 0.2) is 0 Å². The molecule has 2 atom stereocenters. The van der Waals surface area contributed by atoms with E-state index in [9.17, 15) is 4.79 Å². The Hall–Kier alpha value is -3.13. The third kappa shape index (κ3) is 4.41. The topological polar surface area (TPSA) is 96.0 Å². The summed E-state index contributed by atoms with van der Waals surface area (Å²) in [5.41, 5.74) is 2.99. The number of rotatable bonds is 8. The second-order valence-corrected chi connectivity index (χ2v) is 8.83. The van der Waals surface area contributed by atoms with Gasteiger partial charge in [-0.3, -0.25) is 4.79 Å². The van der Waals surface area contributed by atoms with Crippen molar-refractivity contribution in [2.45, 2.75) is 12.8 Å². The number of hydrogen-bond acceptors (Lipinski definition) is 7. The molecule has 2 fully saturated rings. The van der Waals surface area contributed by atoms with Crippen molar-refractivity contribution in [1.29, 1.82) is 0 Å². The second kappa shape index (κ2) is 8.78. The average molecular weight is 453 g/mol. The highest BCUT2D eigenvalue weighted by Gasteiger charge is 2.56. The van der Waals surface area contributed by atoms with Crippen LogP contribution in [0.4, 0.5) is 11.9 Å². The highest BCUT2D eigenvalue weighted by atomic mass is 35.5. The van der Waals surface area contributed by atoms with Crippen molar-refractivity contribution in [3.63, 3.8) is 0 Å². The number of nitrogens with one attached hydrogen (secondary N) is 2. The summed E-state index contributed by atoms with van der Waals surface area (Å²) in [5.74, 6) is 2.92. The monoisotopic (exact) mass is 452 g/mol. The van der Waals surface area contributed by atoms with Gasteiger partial charge in [0.25, 0.3) is 0 Å². The zero-order valence-corrected chi connectivity index (χ0v) is 18.5. The summed E-state index contributed by atoms with van der Waals surface area (Å²) in [7, 11) is 1.45. The quantitative estimate of drug-likeness (QED) is 0.505. The first kappa shape index (κ1) is 20.8. The fourth-order valence-electron chi connectivity index (χ4n) is 4.55. The van der Waals surface area contributed by atoms with Crippen LogP contribution in [0, 0.1) is 17.8 Å². The molecule has 0 radical (unpaired) electrons. The van der Waals surface area contributed by atoms with Gasteiger partial charge >= 0.3 is 5.97 Å². The van der Waals surface area contributed by atoms with Gasteiger partial charge in [-0.2, -0.15) is 0 Å². The molecule has 3 aromatic rings. The number of esters is 1. The van der Waals surface area contributed by atoms with Crippen molar-refractivity contribution in [3.05, 3.63) is 53.4 Å². The number of fused-ring (bicyclic) bond motifs is 1. The molecule has 0 bridgehead atoms. The number of anilines is 2. The lowest BCUT2D eigenvalue weighted by molar-refractivity contribution is -0.141. The predicted octanol–water partition coefficient (Wildman–Crippen LogP) is 3.42. The van der Waals surface area contributed by atoms with E-state index in [1.54, 1.807) is 12.4 Å². The second-order valence-electron chi connectivity index (χ2n) is 8.40. The minimum Gasteiger partial charge on any atom is -0.469 e. The highest BCUT2D eigenvalue weighted by molar-refractivity contribution is 6.30. The van der Waals surface area contributed by atoms with E-state index in [1.165, 1.54) is 12.7 Å². The van der Waals surface area contributed by atoms with Crippen molar-refractivity contribution in [2.75, 3.05) is 37.0 Å². The molecule has 2 N–H and O–H groups in total. The van der Waals surface area contributed by atoms with Crippen LogP contribution in [0.15, 0.2) is 42.9 Å². The minimum atomic E-state index is -0.112. The van der Waals surface area contributed by atoms with Gasteiger partial charge in [-0.25, -0.2) is 15.0 Å². The van der Waals surface area contributed by atoms with Crippen LogP contribution in [-0.4, -0.2) is 52.6 Å². The Bertz CT molecular complexity index is 1070. The molecule has 1 aliphatic heterocycles. The summed E-state index contributed by atoms with van der Waals surface area (Å²) in [5, 5.41) is 3.99. The number of hydrogen-bond donors (Lipinski definition) is 2. The van der Waals surface area contributed by atoms with Crippen molar-refractivity contribution in [3.8, 4) is 11.3 Å². The van der Waals surface area contributed by atoms with E-state index in [0.717, 1.165) is 48.3 Å². The molecule has 1 saturated heterocycles. The van der Waals surface area contributed by atoms with Gasteiger partial charge in [-0.15, -0.1) is 0 Å². The van der Waals surface area contributed by atoms with Crippen LogP contribution in [0.5, 0.6) is 0 Å². The van der Waals surface area contributed by atoms with E-state index in [0.29, 0.717) is 30.1 Å². The number of aromatic amines is 1. The Labute approximate surface area is 191 Å². The number of aromatic nitrogens is 4. The van der Waals surface area contributed by atoms with E-state index in [4.69, 9.17) is 16.3 Å². The molecule has 32 heavy (non-hydrogen) atoms. The Morgan fingerprint density at radius 3 is 2.56 bits per heavy atom. The van der Waals surface area contributed by atoms with E-state index in [-0.39, 0.29) is 5.97 Å². The van der Waals surface area contributed by atoms with E-state index in [2.05, 4.69) is 30.2 Å². The first-order valence-electron chi connectivity index (χ1n) is 10.8. The predicted molar refractivity (Wildman–Crippen MR) is 123 cm³/mol. The van der Waals surface area contributed by atoms with E-state index < -0.39 is 0 Å². The summed E-state index contributed by atoms with van der Waals surface area (Å²) < 4.78 is 4.79. The number of halogens is 1. The molecular formula is C23H25ClN6O2. The number of imidazole rings is 1. The number of H-pyrrole nitrogens is 1. The van der Waals surface area contributed by atoms with Gasteiger partial charge in [0.2, 0.25) is 11.9 Å². The Morgan fingerprint density at radius 1 is 1.16 bits per heavy atom. The Kier molecular flexibility index (Phi) is 5.70. The standard InChI is InChI=1S/C23H25ClN6O2/c1-32-21(31)8-17-18-12-30(13-19(17)18)23-28-11-20(29-23)15-9-26-22(27-10-15)25-7-6-14-2-4-16(24)5-3-14/h2-5,9-11,17-19H,6-8,12-13H2,1H3,(H,28,29)(H,25,26,27). The zero-order chi connectivity index (χ0) is 22.1. The van der Waals surface area contributed by atoms with Crippen molar-refractivity contribution in [2.24, 2.45) is 17.8 Å². The lowest BCUT2D eigenvalue weighted by Gasteiger charge is -2.18. The maximum Gasteiger partial charge on any atom is 0.305 e. The highest BCUT2D eigenvalue weighted by Crippen LogP contribution is 2.54. The Morgan fingerprint density at radius 2 is 1.88 bits per heavy atom. The number of carbonyl (C=O) groups is 1. The fraction of sp³-hybridized carbons (Fsp3) is 0.391. The molecule has 3 heterocycles. The maximum absolute atomic E-state index is 11.5. The molecule has 166 valence electrons. The zero-order valence-electron chi connectivity index (χ0n) is 17.8. The molecule has 2 unspecified atom stereocenters. The molecule has 2 aliphatic rings. The molecule has 1 aliphatic carbocycles. The summed E-state index contributed by atoms with van der Waals surface area (Å²) in [6.07, 6.45) is 6.80. The van der Waals surface area contributed by atoms with Gasteiger partial charge in [-0.05, 0) is 41.9 Å². The normalized spacial score (nSPS) is 21.3. The van der Waals surface area contributed by atoms with Gasteiger partial charge in [0.1, 0.15) is 0 Å². The molecule has 2 aromatic heterocycles. The van der Waals surface area contributed by atoms with Gasteiger partial charge in [0.05, 0.1) is 19.0 Å². The SMILES string of the molecule is COC(=O)CC1C2CN(c3ncc(-c4cnc(NCCc5ccc(Cl)cc5)nc4)[nH]3)CC12. The van der Waals surface area contributed by atoms with Crippen LogP contribution < -0.4 is 10.2 Å². The molecular weight excluding hydrogens is 428 g/mol. The lowest BCUT2D eigenvalue weighted by atomic mass is 10.1. The molecule has 1 saturated carbocycles. The molecule has 0 spiro atoms. The van der Waals surface area contributed by atoms with Gasteiger partial charge in [0, 0.05) is 49.0 Å². The average Bonchev–Trinajstić information content (AvgIpc) is 3.20. The molecule has 0 amide bonds.